The van der Waals surface area contributed by atoms with Crippen molar-refractivity contribution in [2.24, 2.45) is 0 Å². The van der Waals surface area contributed by atoms with Gasteiger partial charge in [0.15, 0.2) is 9.84 Å². The lowest BCUT2D eigenvalue weighted by Crippen LogP contribution is -2.32. The first-order valence-corrected chi connectivity index (χ1v) is 7.88. The molecular formula is C12H17ClN2O3S. The van der Waals surface area contributed by atoms with Crippen LogP contribution in [0.3, 0.4) is 0 Å². The second kappa shape index (κ2) is 7.47. The quantitative estimate of drug-likeness (QED) is 0.732. The molecule has 0 aliphatic carbocycles. The number of amides is 1. The molecule has 0 aliphatic heterocycles. The van der Waals surface area contributed by atoms with Crippen LogP contribution in [0.4, 0.5) is 0 Å². The van der Waals surface area contributed by atoms with Crippen molar-refractivity contribution >= 4 is 27.3 Å². The Morgan fingerprint density at radius 3 is 2.42 bits per heavy atom. The Morgan fingerprint density at radius 1 is 1.21 bits per heavy atom. The van der Waals surface area contributed by atoms with E-state index >= 15 is 0 Å². The molecule has 1 rings (SSSR count). The van der Waals surface area contributed by atoms with Gasteiger partial charge in [0.25, 0.3) is 0 Å². The average molecular weight is 305 g/mol. The highest BCUT2D eigenvalue weighted by molar-refractivity contribution is 7.92. The molecule has 0 fully saturated rings. The summed E-state index contributed by atoms with van der Waals surface area (Å²) in [5.41, 5.74) is 0. The molecule has 106 valence electrons. The lowest BCUT2D eigenvalue weighted by Gasteiger charge is -2.06. The van der Waals surface area contributed by atoms with Gasteiger partial charge in [0.05, 0.1) is 4.90 Å². The summed E-state index contributed by atoms with van der Waals surface area (Å²) in [5.74, 6) is -1.04. The third kappa shape index (κ3) is 5.59. The molecule has 0 unspecified atom stereocenters. The first-order valence-electron chi connectivity index (χ1n) is 5.85. The molecule has 7 heteroatoms. The smallest absolute Gasteiger partial charge is 0.235 e. The van der Waals surface area contributed by atoms with Crippen LogP contribution in [0, 0.1) is 0 Å². The molecular weight excluding hydrogens is 288 g/mol. The van der Waals surface area contributed by atoms with Crippen LogP contribution in [0.5, 0.6) is 0 Å². The summed E-state index contributed by atoms with van der Waals surface area (Å²) in [7, 11) is -1.79. The minimum atomic E-state index is -3.61. The summed E-state index contributed by atoms with van der Waals surface area (Å²) >= 11 is 5.69. The lowest BCUT2D eigenvalue weighted by atomic mass is 10.4. The predicted octanol–water partition coefficient (Wildman–Crippen LogP) is 0.839. The van der Waals surface area contributed by atoms with Crippen LogP contribution in [0.2, 0.25) is 5.02 Å². The summed E-state index contributed by atoms with van der Waals surface area (Å²) in [6, 6.07) is 5.76. The number of nitrogens with one attached hydrogen (secondary N) is 2. The van der Waals surface area contributed by atoms with E-state index in [1.807, 2.05) is 7.05 Å². The molecule has 0 bridgehead atoms. The van der Waals surface area contributed by atoms with Gasteiger partial charge in [-0.3, -0.25) is 4.79 Å². The van der Waals surface area contributed by atoms with E-state index in [0.717, 1.165) is 13.0 Å². The fraction of sp³-hybridized carbons (Fsp3) is 0.417. The minimum Gasteiger partial charge on any atom is -0.355 e. The van der Waals surface area contributed by atoms with Crippen molar-refractivity contribution in [2.45, 2.75) is 11.3 Å². The summed E-state index contributed by atoms with van der Waals surface area (Å²) in [5, 5.41) is 5.96. The van der Waals surface area contributed by atoms with Crippen molar-refractivity contribution in [3.63, 3.8) is 0 Å². The van der Waals surface area contributed by atoms with Crippen molar-refractivity contribution in [1.29, 1.82) is 0 Å². The number of carbonyl (C=O) groups is 1. The Labute approximate surface area is 118 Å². The van der Waals surface area contributed by atoms with E-state index in [1.54, 1.807) is 0 Å². The average Bonchev–Trinajstić information content (AvgIpc) is 2.34. The van der Waals surface area contributed by atoms with Gasteiger partial charge in [-0.1, -0.05) is 11.6 Å². The number of sulfone groups is 1. The van der Waals surface area contributed by atoms with Crippen LogP contribution in [0.25, 0.3) is 0 Å². The van der Waals surface area contributed by atoms with Crippen molar-refractivity contribution in [1.82, 2.24) is 10.6 Å². The van der Waals surface area contributed by atoms with Crippen LogP contribution in [-0.4, -0.2) is 40.2 Å². The topological polar surface area (TPSA) is 75.3 Å². The highest BCUT2D eigenvalue weighted by Gasteiger charge is 2.18. The van der Waals surface area contributed by atoms with Crippen molar-refractivity contribution < 1.29 is 13.2 Å². The van der Waals surface area contributed by atoms with Crippen LogP contribution in [0.15, 0.2) is 29.2 Å². The van der Waals surface area contributed by atoms with Gasteiger partial charge in [-0.2, -0.15) is 0 Å². The zero-order valence-corrected chi connectivity index (χ0v) is 12.2. The number of hydrogen-bond donors (Lipinski definition) is 2. The largest absolute Gasteiger partial charge is 0.355 e. The van der Waals surface area contributed by atoms with Gasteiger partial charge in [-0.25, -0.2) is 8.42 Å². The highest BCUT2D eigenvalue weighted by atomic mass is 35.5. The number of rotatable bonds is 7. The molecule has 0 aliphatic rings. The van der Waals surface area contributed by atoms with Gasteiger partial charge < -0.3 is 10.6 Å². The molecule has 0 aromatic heterocycles. The molecule has 2 N–H and O–H groups in total. The zero-order valence-electron chi connectivity index (χ0n) is 10.6. The SMILES string of the molecule is CNCCCNC(=O)CS(=O)(=O)c1ccc(Cl)cc1. The predicted molar refractivity (Wildman–Crippen MR) is 75.1 cm³/mol. The van der Waals surface area contributed by atoms with Crippen molar-refractivity contribution in [2.75, 3.05) is 25.9 Å². The number of hydrogen-bond acceptors (Lipinski definition) is 4. The minimum absolute atomic E-state index is 0.0993. The molecule has 1 amide bonds. The monoisotopic (exact) mass is 304 g/mol. The van der Waals surface area contributed by atoms with Gasteiger partial charge in [-0.05, 0) is 44.3 Å². The molecule has 0 saturated heterocycles. The number of benzene rings is 1. The maximum atomic E-state index is 11.9. The van der Waals surface area contributed by atoms with Gasteiger partial charge in [-0.15, -0.1) is 0 Å². The summed E-state index contributed by atoms with van der Waals surface area (Å²) in [4.78, 5) is 11.6. The highest BCUT2D eigenvalue weighted by Crippen LogP contribution is 2.15. The van der Waals surface area contributed by atoms with Gasteiger partial charge in [0, 0.05) is 11.6 Å². The molecule has 0 atom stereocenters. The number of halogens is 1. The molecule has 1 aromatic rings. The molecule has 0 heterocycles. The fourth-order valence-electron chi connectivity index (χ4n) is 1.44. The Balaban J connectivity index is 2.55. The van der Waals surface area contributed by atoms with Gasteiger partial charge >= 0.3 is 0 Å². The zero-order chi connectivity index (χ0) is 14.3. The van der Waals surface area contributed by atoms with Crippen LogP contribution < -0.4 is 10.6 Å². The molecule has 5 nitrogen and oxygen atoms in total. The van der Waals surface area contributed by atoms with E-state index < -0.39 is 21.5 Å². The number of carbonyl (C=O) groups excluding carboxylic acids is 1. The van der Waals surface area contributed by atoms with E-state index in [0.29, 0.717) is 11.6 Å². The molecule has 1 aromatic carbocycles. The molecule has 0 saturated carbocycles. The van der Waals surface area contributed by atoms with Crippen LogP contribution in [-0.2, 0) is 14.6 Å². The van der Waals surface area contributed by atoms with Crippen LogP contribution in [0.1, 0.15) is 6.42 Å². The third-order valence-corrected chi connectivity index (χ3v) is 4.30. The fourth-order valence-corrected chi connectivity index (χ4v) is 2.73. The maximum absolute atomic E-state index is 11.9. The van der Waals surface area contributed by atoms with E-state index in [4.69, 9.17) is 11.6 Å². The van der Waals surface area contributed by atoms with Crippen LogP contribution >= 0.6 is 11.6 Å². The van der Waals surface area contributed by atoms with Crippen molar-refractivity contribution in [3.05, 3.63) is 29.3 Å². The maximum Gasteiger partial charge on any atom is 0.235 e. The lowest BCUT2D eigenvalue weighted by molar-refractivity contribution is -0.118. The molecule has 0 radical (unpaired) electrons. The Bertz CT molecular complexity index is 514. The molecule has 19 heavy (non-hydrogen) atoms. The first-order chi connectivity index (χ1) is 8.95. The molecule has 0 spiro atoms. The Kier molecular flexibility index (Phi) is 6.27. The summed E-state index contributed by atoms with van der Waals surface area (Å²) < 4.78 is 23.9. The first kappa shape index (κ1) is 15.9. The summed E-state index contributed by atoms with van der Waals surface area (Å²) in [6.45, 7) is 1.22. The Hall–Kier alpha value is -1.11. The second-order valence-corrected chi connectivity index (χ2v) is 6.45. The van der Waals surface area contributed by atoms with Crippen molar-refractivity contribution in [3.8, 4) is 0 Å². The van der Waals surface area contributed by atoms with E-state index in [-0.39, 0.29) is 4.90 Å². The van der Waals surface area contributed by atoms with E-state index in [9.17, 15) is 13.2 Å². The standard InChI is InChI=1S/C12H17ClN2O3S/c1-14-7-2-8-15-12(16)9-19(17,18)11-5-3-10(13)4-6-11/h3-6,14H,2,7-9H2,1H3,(H,15,16). The van der Waals surface area contributed by atoms with Gasteiger partial charge in [0.1, 0.15) is 5.75 Å². The normalized spacial score (nSPS) is 11.3. The summed E-state index contributed by atoms with van der Waals surface area (Å²) in [6.07, 6.45) is 0.753. The van der Waals surface area contributed by atoms with E-state index in [1.165, 1.54) is 24.3 Å². The second-order valence-electron chi connectivity index (χ2n) is 4.02. The van der Waals surface area contributed by atoms with E-state index in [2.05, 4.69) is 10.6 Å². The van der Waals surface area contributed by atoms with Gasteiger partial charge in [0.2, 0.25) is 5.91 Å². The Morgan fingerprint density at radius 2 is 1.84 bits per heavy atom. The third-order valence-electron chi connectivity index (χ3n) is 2.42.